The van der Waals surface area contributed by atoms with Gasteiger partial charge in [0.05, 0.1) is 5.69 Å². The SMILES string of the molecule is c1ccc(C(c2ccc(C34CC5CC(CC(C5)C3)C4)cc2)c2cccc3c2C24c5c(cccc5N(c5ccccc5)c5ccc6c(c5)oc5ccccc56)CC2CCC4C3)cc1. The minimum Gasteiger partial charge on any atom is -0.456 e. The van der Waals surface area contributed by atoms with E-state index < -0.39 is 0 Å². The first-order chi connectivity index (χ1) is 30.6. The highest BCUT2D eigenvalue weighted by molar-refractivity contribution is 6.06. The fourth-order valence-electron chi connectivity index (χ4n) is 15.7. The molecule has 1 spiro atoms. The summed E-state index contributed by atoms with van der Waals surface area (Å²) < 4.78 is 6.56. The van der Waals surface area contributed by atoms with E-state index in [2.05, 4.69) is 169 Å². The van der Waals surface area contributed by atoms with E-state index in [9.17, 15) is 0 Å². The predicted octanol–water partition coefficient (Wildman–Crippen LogP) is 15.1. The summed E-state index contributed by atoms with van der Waals surface area (Å²) in [5, 5.41) is 2.33. The summed E-state index contributed by atoms with van der Waals surface area (Å²) in [4.78, 5) is 2.55. The molecular formula is C60H53NO. The lowest BCUT2D eigenvalue weighted by molar-refractivity contribution is -0.00519. The minimum absolute atomic E-state index is 0.0689. The predicted molar refractivity (Wildman–Crippen MR) is 253 cm³/mol. The topological polar surface area (TPSA) is 16.4 Å². The quantitative estimate of drug-likeness (QED) is 0.149. The van der Waals surface area contributed by atoms with E-state index in [1.165, 1.54) is 90.4 Å². The zero-order valence-corrected chi connectivity index (χ0v) is 35.5. The van der Waals surface area contributed by atoms with Gasteiger partial charge in [-0.15, -0.1) is 0 Å². The van der Waals surface area contributed by atoms with E-state index in [0.717, 1.165) is 52.8 Å². The summed E-state index contributed by atoms with van der Waals surface area (Å²) in [5.74, 6) is 4.13. The van der Waals surface area contributed by atoms with Gasteiger partial charge in [-0.3, -0.25) is 0 Å². The van der Waals surface area contributed by atoms with E-state index >= 15 is 0 Å². The van der Waals surface area contributed by atoms with E-state index in [0.29, 0.717) is 17.3 Å². The molecule has 2 nitrogen and oxygen atoms in total. The number of anilines is 3. The number of furan rings is 1. The molecule has 0 aliphatic heterocycles. The molecule has 1 heterocycles. The van der Waals surface area contributed by atoms with E-state index in [-0.39, 0.29) is 11.3 Å². The molecule has 4 unspecified atom stereocenters. The summed E-state index contributed by atoms with van der Waals surface area (Å²) in [5.41, 5.74) is 18.1. The van der Waals surface area contributed by atoms with Crippen molar-refractivity contribution < 1.29 is 4.42 Å². The summed E-state index contributed by atoms with van der Waals surface area (Å²) in [6, 6.07) is 62.8. The van der Waals surface area contributed by atoms with Crippen molar-refractivity contribution in [2.45, 2.75) is 81.0 Å². The summed E-state index contributed by atoms with van der Waals surface area (Å²) in [6.07, 6.45) is 13.5. The fraction of sp³-hybridized carbons (Fsp3) is 0.300. The van der Waals surface area contributed by atoms with Gasteiger partial charge < -0.3 is 9.32 Å². The number of fused-ring (bicyclic) bond motifs is 5. The van der Waals surface area contributed by atoms with Crippen LogP contribution in [0.15, 0.2) is 168 Å². The molecule has 0 N–H and O–H groups in total. The summed E-state index contributed by atoms with van der Waals surface area (Å²) in [6.45, 7) is 0. The van der Waals surface area contributed by atoms with Crippen LogP contribution in [-0.4, -0.2) is 0 Å². The first kappa shape index (κ1) is 35.7. The molecule has 7 aliphatic carbocycles. The fourth-order valence-corrected chi connectivity index (χ4v) is 15.7. The van der Waals surface area contributed by atoms with Gasteiger partial charge in [-0.2, -0.15) is 0 Å². The molecule has 1 aromatic heterocycles. The van der Waals surface area contributed by atoms with Crippen LogP contribution in [-0.2, 0) is 23.7 Å². The van der Waals surface area contributed by atoms with Crippen molar-refractivity contribution in [3.63, 3.8) is 0 Å². The molecule has 7 aromatic carbocycles. The van der Waals surface area contributed by atoms with Crippen LogP contribution in [0.25, 0.3) is 21.9 Å². The maximum absolute atomic E-state index is 6.56. The van der Waals surface area contributed by atoms with Crippen molar-refractivity contribution in [1.29, 1.82) is 0 Å². The zero-order chi connectivity index (χ0) is 40.6. The normalized spacial score (nSPS) is 27.9. The molecule has 304 valence electrons. The molecule has 5 saturated carbocycles. The number of rotatable bonds is 7. The van der Waals surface area contributed by atoms with Crippen molar-refractivity contribution in [2.24, 2.45) is 29.6 Å². The van der Waals surface area contributed by atoms with Crippen molar-refractivity contribution in [3.8, 4) is 0 Å². The molecule has 5 fully saturated rings. The second-order valence-corrected chi connectivity index (χ2v) is 20.6. The average Bonchev–Trinajstić information content (AvgIpc) is 4.04. The Hall–Kier alpha value is -5.86. The second kappa shape index (κ2) is 13.3. The summed E-state index contributed by atoms with van der Waals surface area (Å²) >= 11 is 0. The van der Waals surface area contributed by atoms with Crippen molar-refractivity contribution in [1.82, 2.24) is 0 Å². The lowest BCUT2D eigenvalue weighted by Gasteiger charge is -2.57. The van der Waals surface area contributed by atoms with Gasteiger partial charge >= 0.3 is 0 Å². The Bertz CT molecular complexity index is 2990. The Balaban J connectivity index is 0.952. The van der Waals surface area contributed by atoms with Gasteiger partial charge in [-0.25, -0.2) is 0 Å². The van der Waals surface area contributed by atoms with Crippen molar-refractivity contribution in [3.05, 3.63) is 208 Å². The molecule has 4 bridgehead atoms. The molecule has 62 heavy (non-hydrogen) atoms. The molecule has 7 aliphatic rings. The number of nitrogens with zero attached hydrogens (tertiary/aromatic N) is 1. The van der Waals surface area contributed by atoms with Crippen molar-refractivity contribution in [2.75, 3.05) is 4.90 Å². The third-order valence-electron chi connectivity index (χ3n) is 17.4. The van der Waals surface area contributed by atoms with Crippen LogP contribution >= 0.6 is 0 Å². The highest BCUT2D eigenvalue weighted by Gasteiger charge is 2.62. The smallest absolute Gasteiger partial charge is 0.137 e. The van der Waals surface area contributed by atoms with Crippen LogP contribution in [0, 0.1) is 29.6 Å². The third kappa shape index (κ3) is 5.04. The lowest BCUT2D eigenvalue weighted by Crippen LogP contribution is -2.48. The average molecular weight is 804 g/mol. The Morgan fingerprint density at radius 1 is 0.500 bits per heavy atom. The third-order valence-corrected chi connectivity index (χ3v) is 17.4. The zero-order valence-electron chi connectivity index (χ0n) is 35.5. The molecule has 8 aromatic rings. The first-order valence-electron chi connectivity index (χ1n) is 23.8. The number of hydrogen-bond acceptors (Lipinski definition) is 2. The van der Waals surface area contributed by atoms with Gasteiger partial charge in [0.25, 0.3) is 0 Å². The molecule has 4 atom stereocenters. The first-order valence-corrected chi connectivity index (χ1v) is 23.8. The van der Waals surface area contributed by atoms with Crippen molar-refractivity contribution >= 4 is 39.0 Å². The maximum Gasteiger partial charge on any atom is 0.137 e. The Labute approximate surface area is 365 Å². The van der Waals surface area contributed by atoms with Crippen LogP contribution < -0.4 is 4.90 Å². The lowest BCUT2D eigenvalue weighted by atomic mass is 9.48. The van der Waals surface area contributed by atoms with E-state index in [1.54, 1.807) is 22.3 Å². The molecular weight excluding hydrogens is 751 g/mol. The summed E-state index contributed by atoms with van der Waals surface area (Å²) in [7, 11) is 0. The Morgan fingerprint density at radius 2 is 1.11 bits per heavy atom. The van der Waals surface area contributed by atoms with E-state index in [1.807, 2.05) is 0 Å². The van der Waals surface area contributed by atoms with Crippen LogP contribution in [0.1, 0.15) is 102 Å². The molecule has 0 amide bonds. The van der Waals surface area contributed by atoms with E-state index in [4.69, 9.17) is 4.42 Å². The van der Waals surface area contributed by atoms with Gasteiger partial charge in [-0.05, 0) is 180 Å². The maximum atomic E-state index is 6.56. The van der Waals surface area contributed by atoms with Crippen LogP contribution in [0.3, 0.4) is 0 Å². The largest absolute Gasteiger partial charge is 0.456 e. The standard InChI is InChI=1S/C60H53NO/c1-3-11-41(12-4-1)56(42-21-23-45(24-22-42)59-35-38-29-39(36-59)31-40(30-38)37-59)52-18-9-13-43-32-46-25-26-47-33-44-14-10-19-53(58(44)60(46,47)57(43)52)61(48-15-5-2-6-16-48)49-27-28-51-50-17-7-8-20-54(50)62-55(51)34-49/h1-24,27-28,34,38-40,46-47,56H,25-26,29-33,35-37H2. The molecule has 15 rings (SSSR count). The molecule has 0 saturated heterocycles. The number of hydrogen-bond donors (Lipinski definition) is 0. The van der Waals surface area contributed by atoms with Gasteiger partial charge in [-0.1, -0.05) is 121 Å². The Kier molecular flexibility index (Phi) is 7.67. The second-order valence-electron chi connectivity index (χ2n) is 20.6. The minimum atomic E-state index is -0.0689. The number of para-hydroxylation sites is 2. The van der Waals surface area contributed by atoms with Crippen LogP contribution in [0.4, 0.5) is 17.1 Å². The van der Waals surface area contributed by atoms with Gasteiger partial charge in [0.1, 0.15) is 11.2 Å². The molecule has 0 radical (unpaired) electrons. The monoisotopic (exact) mass is 803 g/mol. The van der Waals surface area contributed by atoms with Crippen LogP contribution in [0.5, 0.6) is 0 Å². The number of benzene rings is 7. The van der Waals surface area contributed by atoms with Gasteiger partial charge in [0, 0.05) is 39.5 Å². The highest BCUT2D eigenvalue weighted by atomic mass is 16.3. The van der Waals surface area contributed by atoms with Crippen LogP contribution in [0.2, 0.25) is 0 Å². The Morgan fingerprint density at radius 3 is 1.84 bits per heavy atom. The van der Waals surface area contributed by atoms with Gasteiger partial charge in [0.2, 0.25) is 0 Å². The van der Waals surface area contributed by atoms with Gasteiger partial charge in [0.15, 0.2) is 0 Å². The molecule has 2 heteroatoms. The highest BCUT2D eigenvalue weighted by Crippen LogP contribution is 2.68.